The number of aliphatic hydroxyl groups excluding tert-OH is 1. The first kappa shape index (κ1) is 14.2. The molecule has 0 aromatic heterocycles. The van der Waals surface area contributed by atoms with Crippen LogP contribution >= 0.6 is 0 Å². The number of para-hydroxylation sites is 2. The van der Waals surface area contributed by atoms with E-state index in [4.69, 9.17) is 0 Å². The molecule has 1 aromatic rings. The van der Waals surface area contributed by atoms with Gasteiger partial charge in [0.2, 0.25) is 0 Å². The molecule has 1 N–H and O–H groups in total. The van der Waals surface area contributed by atoms with Crippen LogP contribution in [-0.2, 0) is 0 Å². The average molecular weight is 262 g/mol. The van der Waals surface area contributed by atoms with Crippen LogP contribution in [0, 0.1) is 5.41 Å². The van der Waals surface area contributed by atoms with Crippen LogP contribution in [-0.4, -0.2) is 37.9 Å². The minimum Gasteiger partial charge on any atom is -0.393 e. The van der Waals surface area contributed by atoms with Crippen LogP contribution in [0.1, 0.15) is 27.2 Å². The molecule has 1 aromatic carbocycles. The second-order valence-electron chi connectivity index (χ2n) is 6.57. The SMILES string of the molecule is CN1CCN(CCC(O)C(C)(C)C)c2ccccc21. The van der Waals surface area contributed by atoms with E-state index in [0.717, 1.165) is 26.1 Å². The second-order valence-corrected chi connectivity index (χ2v) is 6.57. The van der Waals surface area contributed by atoms with Gasteiger partial charge in [-0.1, -0.05) is 32.9 Å². The van der Waals surface area contributed by atoms with Crippen molar-refractivity contribution in [3.63, 3.8) is 0 Å². The third-order valence-electron chi connectivity index (χ3n) is 4.01. The van der Waals surface area contributed by atoms with Gasteiger partial charge in [0.05, 0.1) is 17.5 Å². The van der Waals surface area contributed by atoms with Gasteiger partial charge in [-0.05, 0) is 24.0 Å². The molecular weight excluding hydrogens is 236 g/mol. The Kier molecular flexibility index (Phi) is 4.04. The Bertz CT molecular complexity index is 425. The van der Waals surface area contributed by atoms with Crippen molar-refractivity contribution in [1.82, 2.24) is 0 Å². The number of anilines is 2. The van der Waals surface area contributed by atoms with Gasteiger partial charge in [-0.3, -0.25) is 0 Å². The van der Waals surface area contributed by atoms with Crippen molar-refractivity contribution in [2.45, 2.75) is 33.3 Å². The highest BCUT2D eigenvalue weighted by molar-refractivity contribution is 5.73. The predicted octanol–water partition coefficient (Wildman–Crippen LogP) is 2.74. The largest absolute Gasteiger partial charge is 0.393 e. The zero-order chi connectivity index (χ0) is 14.0. The van der Waals surface area contributed by atoms with Crippen molar-refractivity contribution in [2.24, 2.45) is 5.41 Å². The number of hydrogen-bond donors (Lipinski definition) is 1. The fraction of sp³-hybridized carbons (Fsp3) is 0.625. The van der Waals surface area contributed by atoms with E-state index in [1.165, 1.54) is 11.4 Å². The van der Waals surface area contributed by atoms with Crippen molar-refractivity contribution in [1.29, 1.82) is 0 Å². The van der Waals surface area contributed by atoms with Crippen molar-refractivity contribution < 1.29 is 5.11 Å². The molecule has 0 amide bonds. The summed E-state index contributed by atoms with van der Waals surface area (Å²) in [5, 5.41) is 10.2. The van der Waals surface area contributed by atoms with E-state index in [1.54, 1.807) is 0 Å². The van der Waals surface area contributed by atoms with E-state index < -0.39 is 0 Å². The Labute approximate surface area is 116 Å². The van der Waals surface area contributed by atoms with Gasteiger partial charge in [-0.25, -0.2) is 0 Å². The molecule has 1 aliphatic rings. The topological polar surface area (TPSA) is 26.7 Å². The average Bonchev–Trinajstić information content (AvgIpc) is 2.37. The Morgan fingerprint density at radius 2 is 1.79 bits per heavy atom. The van der Waals surface area contributed by atoms with Gasteiger partial charge in [-0.2, -0.15) is 0 Å². The smallest absolute Gasteiger partial charge is 0.0605 e. The quantitative estimate of drug-likeness (QED) is 0.907. The normalized spacial score (nSPS) is 17.3. The van der Waals surface area contributed by atoms with Gasteiger partial charge in [-0.15, -0.1) is 0 Å². The lowest BCUT2D eigenvalue weighted by atomic mass is 9.87. The molecule has 106 valence electrons. The number of hydrogen-bond acceptors (Lipinski definition) is 3. The summed E-state index contributed by atoms with van der Waals surface area (Å²) in [6.45, 7) is 9.27. The standard InChI is InChI=1S/C16H26N2O/c1-16(2,3)15(19)9-10-18-12-11-17(4)13-7-5-6-8-14(13)18/h5-8,15,19H,9-12H2,1-4H3. The molecule has 1 aliphatic heterocycles. The van der Waals surface area contributed by atoms with Crippen molar-refractivity contribution in [3.05, 3.63) is 24.3 Å². The van der Waals surface area contributed by atoms with E-state index in [1.807, 2.05) is 0 Å². The third-order valence-corrected chi connectivity index (χ3v) is 4.01. The van der Waals surface area contributed by atoms with Crippen molar-refractivity contribution in [2.75, 3.05) is 36.5 Å². The number of nitrogens with zero attached hydrogens (tertiary/aromatic N) is 2. The molecule has 19 heavy (non-hydrogen) atoms. The fourth-order valence-corrected chi connectivity index (χ4v) is 2.51. The van der Waals surface area contributed by atoms with E-state index in [0.29, 0.717) is 0 Å². The third kappa shape index (κ3) is 3.21. The predicted molar refractivity (Wildman–Crippen MR) is 82.0 cm³/mol. The first-order valence-electron chi connectivity index (χ1n) is 7.13. The Morgan fingerprint density at radius 1 is 1.16 bits per heavy atom. The molecule has 0 saturated carbocycles. The van der Waals surface area contributed by atoms with Crippen LogP contribution in [0.5, 0.6) is 0 Å². The minimum atomic E-state index is -0.251. The lowest BCUT2D eigenvalue weighted by Crippen LogP contribution is -2.41. The number of likely N-dealkylation sites (N-methyl/N-ethyl adjacent to an activating group) is 1. The van der Waals surface area contributed by atoms with E-state index in [-0.39, 0.29) is 11.5 Å². The van der Waals surface area contributed by atoms with Crippen LogP contribution in [0.2, 0.25) is 0 Å². The van der Waals surface area contributed by atoms with E-state index in [9.17, 15) is 5.11 Å². The van der Waals surface area contributed by atoms with Crippen LogP contribution in [0.15, 0.2) is 24.3 Å². The first-order chi connectivity index (χ1) is 8.89. The minimum absolute atomic E-state index is 0.0356. The molecule has 0 spiro atoms. The first-order valence-corrected chi connectivity index (χ1v) is 7.13. The monoisotopic (exact) mass is 262 g/mol. The summed E-state index contributed by atoms with van der Waals surface area (Å²) >= 11 is 0. The Morgan fingerprint density at radius 3 is 2.42 bits per heavy atom. The highest BCUT2D eigenvalue weighted by Crippen LogP contribution is 2.32. The molecule has 3 nitrogen and oxygen atoms in total. The number of fused-ring (bicyclic) bond motifs is 1. The summed E-state index contributed by atoms with van der Waals surface area (Å²) in [6.07, 6.45) is 0.570. The van der Waals surface area contributed by atoms with Gasteiger partial charge in [0.15, 0.2) is 0 Å². The number of benzene rings is 1. The summed E-state index contributed by atoms with van der Waals surface area (Å²) in [4.78, 5) is 4.69. The molecule has 1 atom stereocenters. The maximum absolute atomic E-state index is 10.2. The lowest BCUT2D eigenvalue weighted by Gasteiger charge is -2.38. The summed E-state index contributed by atoms with van der Waals surface area (Å²) in [7, 11) is 2.14. The van der Waals surface area contributed by atoms with Crippen molar-refractivity contribution >= 4 is 11.4 Å². The maximum Gasteiger partial charge on any atom is 0.0605 e. The molecule has 1 heterocycles. The summed E-state index contributed by atoms with van der Waals surface area (Å²) in [6, 6.07) is 8.52. The number of aliphatic hydroxyl groups is 1. The maximum atomic E-state index is 10.2. The molecule has 2 rings (SSSR count). The van der Waals surface area contributed by atoms with E-state index >= 15 is 0 Å². The van der Waals surface area contributed by atoms with Crippen LogP contribution < -0.4 is 9.80 Å². The summed E-state index contributed by atoms with van der Waals surface area (Å²) in [5.41, 5.74) is 2.54. The zero-order valence-corrected chi connectivity index (χ0v) is 12.6. The molecule has 0 saturated heterocycles. The molecule has 0 fully saturated rings. The van der Waals surface area contributed by atoms with Crippen LogP contribution in [0.3, 0.4) is 0 Å². The summed E-state index contributed by atoms with van der Waals surface area (Å²) < 4.78 is 0. The Hall–Kier alpha value is -1.22. The van der Waals surface area contributed by atoms with Gasteiger partial charge < -0.3 is 14.9 Å². The lowest BCUT2D eigenvalue weighted by molar-refractivity contribution is 0.0574. The van der Waals surface area contributed by atoms with E-state index in [2.05, 4.69) is 61.9 Å². The van der Waals surface area contributed by atoms with Crippen LogP contribution in [0.4, 0.5) is 11.4 Å². The summed E-state index contributed by atoms with van der Waals surface area (Å²) in [5.74, 6) is 0. The second kappa shape index (κ2) is 5.41. The highest BCUT2D eigenvalue weighted by Gasteiger charge is 2.24. The van der Waals surface area contributed by atoms with Gasteiger partial charge in [0.1, 0.15) is 0 Å². The fourth-order valence-electron chi connectivity index (χ4n) is 2.51. The molecule has 1 unspecified atom stereocenters. The highest BCUT2D eigenvalue weighted by atomic mass is 16.3. The van der Waals surface area contributed by atoms with Crippen molar-refractivity contribution in [3.8, 4) is 0 Å². The molecule has 0 aliphatic carbocycles. The van der Waals surface area contributed by atoms with Gasteiger partial charge in [0.25, 0.3) is 0 Å². The number of rotatable bonds is 3. The molecule has 0 bridgehead atoms. The Balaban J connectivity index is 2.05. The van der Waals surface area contributed by atoms with Crippen LogP contribution in [0.25, 0.3) is 0 Å². The molecule has 0 radical (unpaired) electrons. The molecular formula is C16H26N2O. The zero-order valence-electron chi connectivity index (χ0n) is 12.6. The van der Waals surface area contributed by atoms with Gasteiger partial charge in [0, 0.05) is 26.7 Å². The molecule has 3 heteroatoms. The van der Waals surface area contributed by atoms with Gasteiger partial charge >= 0.3 is 0 Å².